The van der Waals surface area contributed by atoms with Crippen LogP contribution in [0.4, 0.5) is 5.69 Å². The van der Waals surface area contributed by atoms with Crippen LogP contribution in [0.15, 0.2) is 47.5 Å². The van der Waals surface area contributed by atoms with Crippen LogP contribution in [0.25, 0.3) is 0 Å². The highest BCUT2D eigenvalue weighted by Crippen LogP contribution is 2.15. The van der Waals surface area contributed by atoms with Crippen molar-refractivity contribution in [2.24, 2.45) is 4.99 Å². The average molecular weight is 411 g/mol. The Bertz CT molecular complexity index is 892. The fraction of sp³-hybridized carbons (Fsp3) is 0.391. The topological polar surface area (TPSA) is 75.2 Å². The van der Waals surface area contributed by atoms with Crippen molar-refractivity contribution >= 4 is 17.6 Å². The van der Waals surface area contributed by atoms with Crippen LogP contribution in [0, 0.1) is 13.8 Å². The maximum atomic E-state index is 12.8. The number of guanidine groups is 1. The van der Waals surface area contributed by atoms with Crippen LogP contribution in [0.5, 0.6) is 5.75 Å². The summed E-state index contributed by atoms with van der Waals surface area (Å²) in [6.07, 6.45) is 0. The van der Waals surface area contributed by atoms with Crippen molar-refractivity contribution in [3.8, 4) is 5.75 Å². The van der Waals surface area contributed by atoms with E-state index in [1.54, 1.807) is 31.4 Å². The van der Waals surface area contributed by atoms with Crippen molar-refractivity contribution < 1.29 is 14.3 Å². The predicted molar refractivity (Wildman–Crippen MR) is 120 cm³/mol. The van der Waals surface area contributed by atoms with Gasteiger partial charge in [-0.15, -0.1) is 0 Å². The van der Waals surface area contributed by atoms with Crippen LogP contribution < -0.4 is 15.4 Å². The third kappa shape index (κ3) is 6.30. The zero-order valence-corrected chi connectivity index (χ0v) is 17.9. The number of rotatable bonds is 6. The quantitative estimate of drug-likeness (QED) is 0.566. The van der Waals surface area contributed by atoms with Gasteiger partial charge in [0, 0.05) is 30.9 Å². The Labute approximate surface area is 178 Å². The fourth-order valence-corrected chi connectivity index (χ4v) is 3.14. The smallest absolute Gasteiger partial charge is 0.258 e. The normalized spacial score (nSPS) is 15.0. The van der Waals surface area contributed by atoms with Crippen LogP contribution in [0.2, 0.25) is 0 Å². The molecule has 30 heavy (non-hydrogen) atoms. The molecule has 1 aliphatic rings. The second-order valence-corrected chi connectivity index (χ2v) is 7.29. The van der Waals surface area contributed by atoms with Gasteiger partial charge in [-0.25, -0.2) is 0 Å². The zero-order chi connectivity index (χ0) is 21.3. The molecule has 0 unspecified atom stereocenters. The number of hydrogen-bond donors (Lipinski definition) is 2. The molecule has 3 rings (SSSR count). The van der Waals surface area contributed by atoms with E-state index >= 15 is 0 Å². The SMILES string of the molecule is COc1cccc(C(=O)NC(=NCCN2CCOCC2)Nc2ccc(C)c(C)c2)c1. The molecule has 2 aromatic carbocycles. The molecule has 0 aromatic heterocycles. The van der Waals surface area contributed by atoms with E-state index in [0.29, 0.717) is 23.8 Å². The summed E-state index contributed by atoms with van der Waals surface area (Å²) >= 11 is 0. The number of benzene rings is 2. The molecule has 0 saturated carbocycles. The Morgan fingerprint density at radius 3 is 2.67 bits per heavy atom. The second-order valence-electron chi connectivity index (χ2n) is 7.29. The number of aliphatic imine (C=N–C) groups is 1. The average Bonchev–Trinajstić information content (AvgIpc) is 2.77. The molecule has 0 radical (unpaired) electrons. The van der Waals surface area contributed by atoms with E-state index in [2.05, 4.69) is 34.4 Å². The Kier molecular flexibility index (Phi) is 7.82. The molecule has 1 saturated heterocycles. The van der Waals surface area contributed by atoms with Gasteiger partial charge in [0.1, 0.15) is 5.75 Å². The number of methoxy groups -OCH3 is 1. The van der Waals surface area contributed by atoms with Crippen LogP contribution in [-0.2, 0) is 4.74 Å². The molecular formula is C23H30N4O3. The van der Waals surface area contributed by atoms with E-state index in [1.807, 2.05) is 18.2 Å². The van der Waals surface area contributed by atoms with Crippen molar-refractivity contribution in [1.29, 1.82) is 0 Å². The Balaban J connectivity index is 1.72. The number of ether oxygens (including phenoxy) is 2. The number of nitrogens with one attached hydrogen (secondary N) is 2. The highest BCUT2D eigenvalue weighted by molar-refractivity contribution is 6.10. The van der Waals surface area contributed by atoms with Gasteiger partial charge in [-0.2, -0.15) is 0 Å². The summed E-state index contributed by atoms with van der Waals surface area (Å²) in [5, 5.41) is 6.16. The third-order valence-corrected chi connectivity index (χ3v) is 5.12. The van der Waals surface area contributed by atoms with Gasteiger partial charge in [-0.1, -0.05) is 12.1 Å². The summed E-state index contributed by atoms with van der Waals surface area (Å²) in [6.45, 7) is 8.85. The number of anilines is 1. The van der Waals surface area contributed by atoms with E-state index in [-0.39, 0.29) is 5.91 Å². The van der Waals surface area contributed by atoms with E-state index in [4.69, 9.17) is 9.47 Å². The number of morpholine rings is 1. The van der Waals surface area contributed by atoms with E-state index in [9.17, 15) is 4.79 Å². The molecule has 160 valence electrons. The number of carbonyl (C=O) groups is 1. The van der Waals surface area contributed by atoms with Crippen molar-refractivity contribution in [3.63, 3.8) is 0 Å². The van der Waals surface area contributed by atoms with Crippen LogP contribution in [0.3, 0.4) is 0 Å². The second kappa shape index (κ2) is 10.8. The molecule has 1 aliphatic heterocycles. The highest BCUT2D eigenvalue weighted by Gasteiger charge is 2.12. The summed E-state index contributed by atoms with van der Waals surface area (Å²) in [5.41, 5.74) is 3.78. The summed E-state index contributed by atoms with van der Waals surface area (Å²) < 4.78 is 10.6. The van der Waals surface area contributed by atoms with Crippen LogP contribution in [0.1, 0.15) is 21.5 Å². The number of nitrogens with zero attached hydrogens (tertiary/aromatic N) is 2. The lowest BCUT2D eigenvalue weighted by Gasteiger charge is -2.25. The Morgan fingerprint density at radius 2 is 1.93 bits per heavy atom. The van der Waals surface area contributed by atoms with Gasteiger partial charge in [-0.3, -0.25) is 20.0 Å². The largest absolute Gasteiger partial charge is 0.497 e. The Morgan fingerprint density at radius 1 is 1.13 bits per heavy atom. The summed E-state index contributed by atoms with van der Waals surface area (Å²) in [7, 11) is 1.58. The minimum absolute atomic E-state index is 0.240. The minimum atomic E-state index is -0.240. The van der Waals surface area contributed by atoms with Crippen molar-refractivity contribution in [2.75, 3.05) is 51.8 Å². The summed E-state index contributed by atoms with van der Waals surface area (Å²) in [4.78, 5) is 19.7. The standard InChI is InChI=1S/C23H30N4O3/c1-17-7-8-20(15-18(17)2)25-23(24-9-10-27-11-13-30-14-12-27)26-22(28)19-5-4-6-21(16-19)29-3/h4-8,15-16H,9-14H2,1-3H3,(H2,24,25,26,28). The Hall–Kier alpha value is -2.90. The number of amides is 1. The predicted octanol–water partition coefficient (Wildman–Crippen LogP) is 2.84. The molecule has 0 bridgehead atoms. The van der Waals surface area contributed by atoms with Crippen LogP contribution >= 0.6 is 0 Å². The van der Waals surface area contributed by atoms with Gasteiger partial charge in [0.05, 0.1) is 26.9 Å². The fourth-order valence-electron chi connectivity index (χ4n) is 3.14. The molecule has 1 fully saturated rings. The van der Waals surface area contributed by atoms with Crippen molar-refractivity contribution in [2.45, 2.75) is 13.8 Å². The number of carbonyl (C=O) groups excluding carboxylic acids is 1. The van der Waals surface area contributed by atoms with Crippen molar-refractivity contribution in [3.05, 3.63) is 59.2 Å². The lowest BCUT2D eigenvalue weighted by Crippen LogP contribution is -2.39. The number of hydrogen-bond acceptors (Lipinski definition) is 5. The van der Waals surface area contributed by atoms with E-state index < -0.39 is 0 Å². The first-order chi connectivity index (χ1) is 14.5. The molecule has 7 nitrogen and oxygen atoms in total. The molecule has 7 heteroatoms. The van der Waals surface area contributed by atoms with Crippen LogP contribution in [-0.4, -0.2) is 63.3 Å². The molecule has 0 atom stereocenters. The molecule has 1 amide bonds. The number of aryl methyl sites for hydroxylation is 2. The van der Waals surface area contributed by atoms with Gasteiger partial charge in [-0.05, 0) is 55.3 Å². The minimum Gasteiger partial charge on any atom is -0.497 e. The maximum absolute atomic E-state index is 12.8. The summed E-state index contributed by atoms with van der Waals surface area (Å²) in [6, 6.07) is 13.1. The monoisotopic (exact) mass is 410 g/mol. The molecule has 0 aliphatic carbocycles. The zero-order valence-electron chi connectivity index (χ0n) is 17.9. The molecule has 2 aromatic rings. The summed E-state index contributed by atoms with van der Waals surface area (Å²) in [5.74, 6) is 0.824. The first-order valence-corrected chi connectivity index (χ1v) is 10.2. The van der Waals surface area contributed by atoms with Gasteiger partial charge in [0.25, 0.3) is 5.91 Å². The van der Waals surface area contributed by atoms with E-state index in [0.717, 1.165) is 38.5 Å². The van der Waals surface area contributed by atoms with Gasteiger partial charge >= 0.3 is 0 Å². The third-order valence-electron chi connectivity index (χ3n) is 5.12. The van der Waals surface area contributed by atoms with Gasteiger partial charge in [0.2, 0.25) is 5.96 Å². The maximum Gasteiger partial charge on any atom is 0.258 e. The lowest BCUT2D eigenvalue weighted by molar-refractivity contribution is 0.0394. The molecule has 2 N–H and O–H groups in total. The first kappa shape index (κ1) is 21.8. The first-order valence-electron chi connectivity index (χ1n) is 10.2. The molecular weight excluding hydrogens is 380 g/mol. The lowest BCUT2D eigenvalue weighted by atomic mass is 10.1. The van der Waals surface area contributed by atoms with E-state index in [1.165, 1.54) is 11.1 Å². The molecule has 0 spiro atoms. The van der Waals surface area contributed by atoms with Gasteiger partial charge < -0.3 is 14.8 Å². The highest BCUT2D eigenvalue weighted by atomic mass is 16.5. The molecule has 1 heterocycles. The van der Waals surface area contributed by atoms with Gasteiger partial charge in [0.15, 0.2) is 0 Å². The van der Waals surface area contributed by atoms with Crippen molar-refractivity contribution in [1.82, 2.24) is 10.2 Å².